The van der Waals surface area contributed by atoms with E-state index in [1.165, 1.54) is 25.6 Å². The van der Waals surface area contributed by atoms with E-state index in [1.807, 2.05) is 31.2 Å². The van der Waals surface area contributed by atoms with Crippen molar-refractivity contribution >= 4 is 0 Å². The minimum Gasteiger partial charge on any atom is -0.351 e. The largest absolute Gasteiger partial charge is 0.351 e. The number of aromatic nitrogens is 3. The van der Waals surface area contributed by atoms with Crippen LogP contribution in [0, 0.1) is 18.3 Å². The fraction of sp³-hybridized carbons (Fsp3) is 0.500. The maximum Gasteiger partial charge on any atom is 0.199 e. The summed E-state index contributed by atoms with van der Waals surface area (Å²) in [6.07, 6.45) is 8.89. The highest BCUT2D eigenvalue weighted by Gasteiger charge is 2.38. The van der Waals surface area contributed by atoms with Gasteiger partial charge in [-0.1, -0.05) is 43.5 Å². The van der Waals surface area contributed by atoms with Crippen LogP contribution in [-0.4, -0.2) is 20.9 Å². The Morgan fingerprint density at radius 1 is 1.30 bits per heavy atom. The van der Waals surface area contributed by atoms with Crippen LogP contribution in [0.4, 0.5) is 0 Å². The van der Waals surface area contributed by atoms with Gasteiger partial charge in [0.05, 0.1) is 12.6 Å². The topological polar surface area (TPSA) is 63.7 Å². The summed E-state index contributed by atoms with van der Waals surface area (Å²) in [5.74, 6) is 0. The number of nitrogens with zero attached hydrogens (tertiary/aromatic N) is 4. The Labute approximate surface area is 136 Å². The van der Waals surface area contributed by atoms with Gasteiger partial charge >= 0.3 is 0 Å². The Morgan fingerprint density at radius 2 is 2.09 bits per heavy atom. The molecule has 0 N–H and O–H groups in total. The lowest BCUT2D eigenvalue weighted by Crippen LogP contribution is -2.38. The van der Waals surface area contributed by atoms with Crippen molar-refractivity contribution < 1.29 is 4.74 Å². The van der Waals surface area contributed by atoms with E-state index in [2.05, 4.69) is 16.2 Å². The molecule has 0 aliphatic heterocycles. The molecule has 1 saturated carbocycles. The second-order valence-electron chi connectivity index (χ2n) is 6.22. The molecule has 1 unspecified atom stereocenters. The lowest BCUT2D eigenvalue weighted by molar-refractivity contribution is -0.0871. The summed E-state index contributed by atoms with van der Waals surface area (Å²) in [4.78, 5) is 3.99. The first kappa shape index (κ1) is 15.7. The molecule has 0 bridgehead atoms. The molecule has 0 saturated heterocycles. The average molecular weight is 310 g/mol. The van der Waals surface area contributed by atoms with Crippen LogP contribution in [0.15, 0.2) is 36.9 Å². The van der Waals surface area contributed by atoms with Crippen LogP contribution in [0.5, 0.6) is 0 Å². The molecule has 1 fully saturated rings. The Balaban J connectivity index is 1.96. The molecule has 5 nitrogen and oxygen atoms in total. The van der Waals surface area contributed by atoms with E-state index in [4.69, 9.17) is 4.74 Å². The van der Waals surface area contributed by atoms with Gasteiger partial charge in [-0.25, -0.2) is 9.67 Å². The monoisotopic (exact) mass is 310 g/mol. The lowest BCUT2D eigenvalue weighted by Gasteiger charge is -2.34. The number of nitriles is 1. The predicted octanol–water partition coefficient (Wildman–Crippen LogP) is 3.35. The van der Waals surface area contributed by atoms with E-state index in [1.54, 1.807) is 11.0 Å². The Kier molecular flexibility index (Phi) is 4.73. The standard InChI is InChI=1S/C18H22N4O/c1-15-7-5-6-10-17(15)18(11-19,12-22-14-20-13-21-22)23-16-8-3-2-4-9-16/h5-7,10,13-14,16H,2-4,8-9,12H2,1H3. The maximum absolute atomic E-state index is 10.0. The van der Waals surface area contributed by atoms with Crippen molar-refractivity contribution in [1.29, 1.82) is 5.26 Å². The number of aryl methyl sites for hydroxylation is 1. The van der Waals surface area contributed by atoms with Crippen molar-refractivity contribution in [2.75, 3.05) is 0 Å². The maximum atomic E-state index is 10.0. The first-order valence-electron chi connectivity index (χ1n) is 8.21. The Hall–Kier alpha value is -2.19. The van der Waals surface area contributed by atoms with Crippen LogP contribution < -0.4 is 0 Å². The molecule has 1 aliphatic rings. The summed E-state index contributed by atoms with van der Waals surface area (Å²) in [5, 5.41) is 14.2. The third-order valence-electron chi connectivity index (χ3n) is 4.53. The first-order valence-corrected chi connectivity index (χ1v) is 8.21. The molecule has 0 radical (unpaired) electrons. The second-order valence-corrected chi connectivity index (χ2v) is 6.22. The normalized spacial score (nSPS) is 18.3. The van der Waals surface area contributed by atoms with Crippen molar-refractivity contribution in [2.45, 2.75) is 57.3 Å². The summed E-state index contributed by atoms with van der Waals surface area (Å²) in [6.45, 7) is 2.37. The molecule has 5 heteroatoms. The molecule has 1 atom stereocenters. The van der Waals surface area contributed by atoms with Crippen LogP contribution in [0.1, 0.15) is 43.2 Å². The van der Waals surface area contributed by atoms with Crippen LogP contribution in [0.3, 0.4) is 0 Å². The second kappa shape index (κ2) is 6.93. The van der Waals surface area contributed by atoms with Crippen LogP contribution in [0.25, 0.3) is 0 Å². The third kappa shape index (κ3) is 3.43. The van der Waals surface area contributed by atoms with Gasteiger partial charge in [-0.15, -0.1) is 0 Å². The minimum absolute atomic E-state index is 0.131. The number of hydrogen-bond donors (Lipinski definition) is 0. The Morgan fingerprint density at radius 3 is 2.74 bits per heavy atom. The molecule has 2 aromatic rings. The van der Waals surface area contributed by atoms with E-state index >= 15 is 0 Å². The van der Waals surface area contributed by atoms with Gasteiger partial charge in [-0.3, -0.25) is 0 Å². The van der Waals surface area contributed by atoms with Gasteiger partial charge in [0.15, 0.2) is 5.60 Å². The number of benzene rings is 1. The quantitative estimate of drug-likeness (QED) is 0.849. The van der Waals surface area contributed by atoms with Gasteiger partial charge in [0.2, 0.25) is 0 Å². The number of rotatable bonds is 5. The van der Waals surface area contributed by atoms with Crippen molar-refractivity contribution in [3.05, 3.63) is 48.0 Å². The number of hydrogen-bond acceptors (Lipinski definition) is 4. The number of ether oxygens (including phenoxy) is 1. The van der Waals surface area contributed by atoms with E-state index in [-0.39, 0.29) is 6.10 Å². The van der Waals surface area contributed by atoms with Gasteiger partial charge in [-0.05, 0) is 25.3 Å². The van der Waals surface area contributed by atoms with E-state index in [9.17, 15) is 5.26 Å². The van der Waals surface area contributed by atoms with Crippen molar-refractivity contribution in [1.82, 2.24) is 14.8 Å². The summed E-state index contributed by atoms with van der Waals surface area (Å²) < 4.78 is 8.10. The third-order valence-corrected chi connectivity index (χ3v) is 4.53. The van der Waals surface area contributed by atoms with Crippen LogP contribution in [-0.2, 0) is 16.9 Å². The zero-order chi connectivity index (χ0) is 16.1. The van der Waals surface area contributed by atoms with Gasteiger partial charge in [0.25, 0.3) is 0 Å². The van der Waals surface area contributed by atoms with Crippen LogP contribution in [0.2, 0.25) is 0 Å². The Bertz CT molecular complexity index is 671. The van der Waals surface area contributed by atoms with E-state index in [0.29, 0.717) is 6.54 Å². The highest BCUT2D eigenvalue weighted by molar-refractivity contribution is 5.36. The molecule has 23 heavy (non-hydrogen) atoms. The molecule has 1 aromatic heterocycles. The molecule has 0 spiro atoms. The van der Waals surface area contributed by atoms with Crippen molar-refractivity contribution in [2.24, 2.45) is 0 Å². The molecule has 0 amide bonds. The summed E-state index contributed by atoms with van der Waals surface area (Å²) in [5.41, 5.74) is 0.953. The highest BCUT2D eigenvalue weighted by atomic mass is 16.5. The first-order chi connectivity index (χ1) is 11.2. The average Bonchev–Trinajstić information content (AvgIpc) is 3.08. The highest BCUT2D eigenvalue weighted by Crippen LogP contribution is 2.34. The molecular formula is C18H22N4O. The zero-order valence-electron chi connectivity index (χ0n) is 13.5. The molecular weight excluding hydrogens is 288 g/mol. The fourth-order valence-electron chi connectivity index (χ4n) is 3.34. The molecule has 1 aliphatic carbocycles. The fourth-order valence-corrected chi connectivity index (χ4v) is 3.34. The van der Waals surface area contributed by atoms with E-state index in [0.717, 1.165) is 24.0 Å². The van der Waals surface area contributed by atoms with E-state index < -0.39 is 5.60 Å². The summed E-state index contributed by atoms with van der Waals surface area (Å²) in [6, 6.07) is 10.4. The lowest BCUT2D eigenvalue weighted by atomic mass is 9.89. The zero-order valence-corrected chi connectivity index (χ0v) is 13.5. The van der Waals surface area contributed by atoms with Crippen molar-refractivity contribution in [3.8, 4) is 6.07 Å². The molecule has 120 valence electrons. The SMILES string of the molecule is Cc1ccccc1C(C#N)(Cn1cncn1)OC1CCCCC1. The van der Waals surface area contributed by atoms with Gasteiger partial charge in [0, 0.05) is 5.56 Å². The van der Waals surface area contributed by atoms with Gasteiger partial charge < -0.3 is 4.74 Å². The molecule has 1 heterocycles. The minimum atomic E-state index is -1.03. The van der Waals surface area contributed by atoms with Crippen molar-refractivity contribution in [3.63, 3.8) is 0 Å². The summed E-state index contributed by atoms with van der Waals surface area (Å²) in [7, 11) is 0. The smallest absolute Gasteiger partial charge is 0.199 e. The predicted molar refractivity (Wildman–Crippen MR) is 86.5 cm³/mol. The summed E-state index contributed by atoms with van der Waals surface area (Å²) >= 11 is 0. The molecule has 3 rings (SSSR count). The van der Waals surface area contributed by atoms with Crippen LogP contribution >= 0.6 is 0 Å². The van der Waals surface area contributed by atoms with Gasteiger partial charge in [-0.2, -0.15) is 10.4 Å². The van der Waals surface area contributed by atoms with Gasteiger partial charge in [0.1, 0.15) is 18.7 Å². The molecule has 1 aromatic carbocycles.